The minimum Gasteiger partial charge on any atom is -0.345 e. The molecular weight excluding hydrogens is 302 g/mol. The Hall–Kier alpha value is -2.69. The summed E-state index contributed by atoms with van der Waals surface area (Å²) in [6.45, 7) is 6.13. The lowest BCUT2D eigenvalue weighted by Crippen LogP contribution is -2.29. The molecule has 0 saturated heterocycles. The van der Waals surface area contributed by atoms with Crippen LogP contribution in [-0.4, -0.2) is 16.0 Å². The van der Waals surface area contributed by atoms with Crippen molar-refractivity contribution in [2.75, 3.05) is 0 Å². The van der Waals surface area contributed by atoms with Crippen LogP contribution in [0.25, 0.3) is 11.1 Å². The monoisotopic (exact) mass is 323 g/mol. The second kappa shape index (κ2) is 6.83. The number of carbonyl (C=O) groups is 1. The Morgan fingerprint density at radius 1 is 1.25 bits per heavy atom. The highest BCUT2D eigenvalue weighted by molar-refractivity contribution is 5.97. The molecule has 0 radical (unpaired) electrons. The van der Waals surface area contributed by atoms with Gasteiger partial charge in [-0.05, 0) is 30.9 Å². The lowest BCUT2D eigenvalue weighted by atomic mass is 9.96. The van der Waals surface area contributed by atoms with Gasteiger partial charge < -0.3 is 9.84 Å². The zero-order valence-corrected chi connectivity index (χ0v) is 14.1. The number of nitrogens with one attached hydrogen (secondary N) is 1. The Labute approximate surface area is 141 Å². The maximum atomic E-state index is 12.7. The standard InChI is InChI=1S/C19H21N3O2/c1-12(2)9-17(14-7-5-4-6-8-14)21-18(23)15-10-16-13(3)22-24-19(16)20-11-15/h4-8,10-12,17H,9H2,1-3H3,(H,21,23)/t17-/m1/s1. The van der Waals surface area contributed by atoms with E-state index in [4.69, 9.17) is 4.52 Å². The Bertz CT molecular complexity index is 840. The van der Waals surface area contributed by atoms with E-state index in [1.165, 1.54) is 6.20 Å². The molecule has 24 heavy (non-hydrogen) atoms. The molecule has 2 heterocycles. The summed E-state index contributed by atoms with van der Waals surface area (Å²) >= 11 is 0. The van der Waals surface area contributed by atoms with Gasteiger partial charge in [-0.15, -0.1) is 0 Å². The smallest absolute Gasteiger partial charge is 0.257 e. The molecule has 1 atom stereocenters. The van der Waals surface area contributed by atoms with Crippen LogP contribution in [-0.2, 0) is 0 Å². The zero-order chi connectivity index (χ0) is 17.1. The highest BCUT2D eigenvalue weighted by atomic mass is 16.5. The first-order chi connectivity index (χ1) is 11.5. The fraction of sp³-hybridized carbons (Fsp3) is 0.316. The predicted molar refractivity (Wildman–Crippen MR) is 92.6 cm³/mol. The van der Waals surface area contributed by atoms with Gasteiger partial charge >= 0.3 is 0 Å². The van der Waals surface area contributed by atoms with Crippen molar-refractivity contribution in [1.29, 1.82) is 0 Å². The maximum absolute atomic E-state index is 12.7. The normalized spacial score (nSPS) is 12.5. The molecule has 0 fully saturated rings. The SMILES string of the molecule is Cc1noc2ncc(C(=O)N[C@H](CC(C)C)c3ccccc3)cc12. The van der Waals surface area contributed by atoms with Crippen molar-refractivity contribution in [3.8, 4) is 0 Å². The first-order valence-electron chi connectivity index (χ1n) is 8.12. The van der Waals surface area contributed by atoms with E-state index >= 15 is 0 Å². The number of pyridine rings is 1. The van der Waals surface area contributed by atoms with Gasteiger partial charge in [0.1, 0.15) is 0 Å². The molecule has 1 amide bonds. The lowest BCUT2D eigenvalue weighted by Gasteiger charge is -2.21. The molecule has 5 heteroatoms. The average molecular weight is 323 g/mol. The van der Waals surface area contributed by atoms with Gasteiger partial charge in [0.05, 0.1) is 22.7 Å². The van der Waals surface area contributed by atoms with Gasteiger partial charge in [-0.1, -0.05) is 49.3 Å². The van der Waals surface area contributed by atoms with Crippen LogP contribution in [0.3, 0.4) is 0 Å². The third kappa shape index (κ3) is 3.45. The molecule has 0 aliphatic rings. The molecule has 0 spiro atoms. The van der Waals surface area contributed by atoms with Gasteiger partial charge in [0.15, 0.2) is 0 Å². The first kappa shape index (κ1) is 16.2. The largest absolute Gasteiger partial charge is 0.345 e. The van der Waals surface area contributed by atoms with Gasteiger partial charge in [-0.25, -0.2) is 4.98 Å². The molecule has 1 N–H and O–H groups in total. The molecule has 0 saturated carbocycles. The van der Waals surface area contributed by atoms with Gasteiger partial charge in [-0.2, -0.15) is 0 Å². The summed E-state index contributed by atoms with van der Waals surface area (Å²) < 4.78 is 5.09. The van der Waals surface area contributed by atoms with Gasteiger partial charge in [0.25, 0.3) is 11.6 Å². The van der Waals surface area contributed by atoms with Crippen molar-refractivity contribution in [2.24, 2.45) is 5.92 Å². The van der Waals surface area contributed by atoms with Crippen LogP contribution in [0, 0.1) is 12.8 Å². The number of hydrogen-bond donors (Lipinski definition) is 1. The maximum Gasteiger partial charge on any atom is 0.257 e. The number of rotatable bonds is 5. The van der Waals surface area contributed by atoms with Crippen LogP contribution in [0.1, 0.15) is 47.9 Å². The number of aryl methyl sites for hydroxylation is 1. The third-order valence-corrected chi connectivity index (χ3v) is 3.99. The Kier molecular flexibility index (Phi) is 4.60. The Morgan fingerprint density at radius 2 is 2.00 bits per heavy atom. The van der Waals surface area contributed by atoms with E-state index in [2.05, 4.69) is 29.3 Å². The number of hydrogen-bond acceptors (Lipinski definition) is 4. The molecule has 3 rings (SSSR count). The summed E-state index contributed by atoms with van der Waals surface area (Å²) in [5.74, 6) is 0.330. The zero-order valence-electron chi connectivity index (χ0n) is 14.1. The molecular formula is C19H21N3O2. The molecule has 0 aliphatic heterocycles. The van der Waals surface area contributed by atoms with Crippen molar-refractivity contribution < 1.29 is 9.32 Å². The summed E-state index contributed by atoms with van der Waals surface area (Å²) in [7, 11) is 0. The van der Waals surface area contributed by atoms with Crippen LogP contribution in [0.4, 0.5) is 0 Å². The lowest BCUT2D eigenvalue weighted by molar-refractivity contribution is 0.0931. The fourth-order valence-electron chi connectivity index (χ4n) is 2.75. The van der Waals surface area contributed by atoms with E-state index in [-0.39, 0.29) is 11.9 Å². The summed E-state index contributed by atoms with van der Waals surface area (Å²) in [5, 5.41) is 7.77. The van der Waals surface area contributed by atoms with Gasteiger partial charge in [0.2, 0.25) is 0 Å². The number of amides is 1. The number of nitrogens with zero attached hydrogens (tertiary/aromatic N) is 2. The molecule has 3 aromatic rings. The highest BCUT2D eigenvalue weighted by Gasteiger charge is 2.18. The van der Waals surface area contributed by atoms with E-state index in [0.717, 1.165) is 23.1 Å². The number of carbonyl (C=O) groups excluding carboxylic acids is 1. The summed E-state index contributed by atoms with van der Waals surface area (Å²) in [5.41, 5.74) is 2.80. The molecule has 124 valence electrons. The summed E-state index contributed by atoms with van der Waals surface area (Å²) in [6.07, 6.45) is 2.40. The Balaban J connectivity index is 1.85. The van der Waals surface area contributed by atoms with Crippen molar-refractivity contribution >= 4 is 17.0 Å². The molecule has 2 aromatic heterocycles. The van der Waals surface area contributed by atoms with E-state index in [9.17, 15) is 4.79 Å². The van der Waals surface area contributed by atoms with Gasteiger partial charge in [0, 0.05) is 6.20 Å². The quantitative estimate of drug-likeness (QED) is 0.769. The summed E-state index contributed by atoms with van der Waals surface area (Å²) in [4.78, 5) is 16.9. The second-order valence-electron chi connectivity index (χ2n) is 6.41. The van der Waals surface area contributed by atoms with E-state index in [0.29, 0.717) is 17.2 Å². The molecule has 0 bridgehead atoms. The average Bonchev–Trinajstić information content (AvgIpc) is 2.95. The van der Waals surface area contributed by atoms with Gasteiger partial charge in [-0.3, -0.25) is 4.79 Å². The van der Waals surface area contributed by atoms with Crippen LogP contribution in [0.2, 0.25) is 0 Å². The van der Waals surface area contributed by atoms with Crippen molar-refractivity contribution in [3.63, 3.8) is 0 Å². The van der Waals surface area contributed by atoms with E-state index in [1.807, 2.05) is 37.3 Å². The van der Waals surface area contributed by atoms with Crippen molar-refractivity contribution in [3.05, 3.63) is 59.4 Å². The first-order valence-corrected chi connectivity index (χ1v) is 8.12. The number of fused-ring (bicyclic) bond motifs is 1. The van der Waals surface area contributed by atoms with Crippen LogP contribution < -0.4 is 5.32 Å². The topological polar surface area (TPSA) is 68.0 Å². The van der Waals surface area contributed by atoms with Crippen LogP contribution in [0.5, 0.6) is 0 Å². The highest BCUT2D eigenvalue weighted by Crippen LogP contribution is 2.22. The van der Waals surface area contributed by atoms with Crippen LogP contribution in [0.15, 0.2) is 47.1 Å². The summed E-state index contributed by atoms with van der Waals surface area (Å²) in [6, 6.07) is 11.8. The molecule has 0 unspecified atom stereocenters. The fourth-order valence-corrected chi connectivity index (χ4v) is 2.75. The minimum absolute atomic E-state index is 0.0297. The Morgan fingerprint density at radius 3 is 2.71 bits per heavy atom. The number of benzene rings is 1. The van der Waals surface area contributed by atoms with Crippen LogP contribution >= 0.6 is 0 Å². The van der Waals surface area contributed by atoms with Crippen molar-refractivity contribution in [1.82, 2.24) is 15.5 Å². The minimum atomic E-state index is -0.139. The molecule has 0 aliphatic carbocycles. The third-order valence-electron chi connectivity index (χ3n) is 3.99. The van der Waals surface area contributed by atoms with E-state index < -0.39 is 0 Å². The second-order valence-corrected chi connectivity index (χ2v) is 6.41. The predicted octanol–water partition coefficient (Wildman–Crippen LogP) is 4.05. The van der Waals surface area contributed by atoms with E-state index in [1.54, 1.807) is 6.07 Å². The molecule has 1 aromatic carbocycles. The number of aromatic nitrogens is 2. The molecule has 5 nitrogen and oxygen atoms in total. The van der Waals surface area contributed by atoms with Crippen molar-refractivity contribution in [2.45, 2.75) is 33.2 Å².